The fourth-order valence-electron chi connectivity index (χ4n) is 1.37. The van der Waals surface area contributed by atoms with Crippen LogP contribution in [0.4, 0.5) is 0 Å². The highest BCUT2D eigenvalue weighted by molar-refractivity contribution is 5.17. The van der Waals surface area contributed by atoms with Gasteiger partial charge in [0.15, 0.2) is 0 Å². The molecule has 0 fully saturated rings. The summed E-state index contributed by atoms with van der Waals surface area (Å²) >= 11 is 0. The molecular formula is C11H18N2O. The van der Waals surface area contributed by atoms with Gasteiger partial charge in [-0.2, -0.15) is 0 Å². The van der Waals surface area contributed by atoms with Crippen LogP contribution < -0.4 is 5.73 Å². The molecule has 0 aliphatic heterocycles. The van der Waals surface area contributed by atoms with Gasteiger partial charge in [-0.3, -0.25) is 4.98 Å². The Hall–Kier alpha value is -0.930. The summed E-state index contributed by atoms with van der Waals surface area (Å²) in [5.41, 5.74) is 7.72. The van der Waals surface area contributed by atoms with Crippen molar-refractivity contribution in [2.24, 2.45) is 5.73 Å². The van der Waals surface area contributed by atoms with Crippen LogP contribution in [0, 0.1) is 0 Å². The molecule has 0 spiro atoms. The van der Waals surface area contributed by atoms with Crippen molar-refractivity contribution < 1.29 is 5.11 Å². The molecule has 1 aromatic heterocycles. The highest BCUT2D eigenvalue weighted by atomic mass is 16.3. The number of hydrogen-bond acceptors (Lipinski definition) is 3. The first-order chi connectivity index (χ1) is 6.77. The molecule has 3 heteroatoms. The number of aromatic nitrogens is 1. The van der Waals surface area contributed by atoms with Gasteiger partial charge in [-0.05, 0) is 24.1 Å². The topological polar surface area (TPSA) is 59.1 Å². The normalized spacial score (nSPS) is 12.8. The van der Waals surface area contributed by atoms with Crippen molar-refractivity contribution in [3.05, 3.63) is 29.6 Å². The van der Waals surface area contributed by atoms with Gasteiger partial charge in [0.1, 0.15) is 0 Å². The van der Waals surface area contributed by atoms with Gasteiger partial charge >= 0.3 is 0 Å². The fourth-order valence-corrected chi connectivity index (χ4v) is 1.37. The third-order valence-electron chi connectivity index (χ3n) is 2.28. The van der Waals surface area contributed by atoms with Crippen molar-refractivity contribution in [2.75, 3.05) is 0 Å². The molecule has 0 saturated carbocycles. The molecule has 0 aliphatic rings. The second-order valence-electron chi connectivity index (χ2n) is 3.50. The summed E-state index contributed by atoms with van der Waals surface area (Å²) in [6.07, 6.45) is 4.92. The Morgan fingerprint density at radius 1 is 1.57 bits per heavy atom. The van der Waals surface area contributed by atoms with E-state index < -0.39 is 0 Å². The van der Waals surface area contributed by atoms with Gasteiger partial charge in [0.2, 0.25) is 0 Å². The summed E-state index contributed by atoms with van der Waals surface area (Å²) in [5, 5.41) is 8.95. The molecule has 0 aliphatic carbocycles. The number of aliphatic hydroxyl groups is 1. The minimum atomic E-state index is 0.00134. The van der Waals surface area contributed by atoms with Crippen LogP contribution in [0.2, 0.25) is 0 Å². The van der Waals surface area contributed by atoms with Crippen molar-refractivity contribution in [3.63, 3.8) is 0 Å². The maximum atomic E-state index is 8.95. The van der Waals surface area contributed by atoms with E-state index in [1.54, 1.807) is 12.3 Å². The van der Waals surface area contributed by atoms with Crippen LogP contribution in [-0.2, 0) is 6.61 Å². The van der Waals surface area contributed by atoms with Gasteiger partial charge in [-0.25, -0.2) is 0 Å². The van der Waals surface area contributed by atoms with Gasteiger partial charge in [-0.15, -0.1) is 0 Å². The molecule has 0 aromatic carbocycles. The van der Waals surface area contributed by atoms with E-state index in [1.807, 2.05) is 6.07 Å². The summed E-state index contributed by atoms with van der Waals surface area (Å²) in [4.78, 5) is 4.20. The van der Waals surface area contributed by atoms with E-state index in [-0.39, 0.29) is 12.6 Å². The van der Waals surface area contributed by atoms with Crippen molar-refractivity contribution in [2.45, 2.75) is 38.8 Å². The minimum Gasteiger partial charge on any atom is -0.392 e. The number of hydrogen-bond donors (Lipinski definition) is 2. The third-order valence-corrected chi connectivity index (χ3v) is 2.28. The lowest BCUT2D eigenvalue weighted by atomic mass is 10.1. The molecule has 1 heterocycles. The average Bonchev–Trinajstić information content (AvgIpc) is 2.26. The highest BCUT2D eigenvalue weighted by Crippen LogP contribution is 2.15. The standard InChI is InChI=1S/C11H18N2O/c1-2-3-4-10(12)11-7-9(8-14)5-6-13-11/h5-7,10,14H,2-4,8,12H2,1H3. The molecule has 3 N–H and O–H groups in total. The van der Waals surface area contributed by atoms with E-state index in [0.717, 1.165) is 30.5 Å². The minimum absolute atomic E-state index is 0.00134. The van der Waals surface area contributed by atoms with Gasteiger partial charge in [0.25, 0.3) is 0 Å². The quantitative estimate of drug-likeness (QED) is 0.751. The smallest absolute Gasteiger partial charge is 0.0683 e. The van der Waals surface area contributed by atoms with Crippen LogP contribution >= 0.6 is 0 Å². The van der Waals surface area contributed by atoms with E-state index >= 15 is 0 Å². The van der Waals surface area contributed by atoms with Crippen LogP contribution in [0.15, 0.2) is 18.3 Å². The Labute approximate surface area is 85.0 Å². The summed E-state index contributed by atoms with van der Waals surface area (Å²) < 4.78 is 0. The maximum Gasteiger partial charge on any atom is 0.0683 e. The lowest BCUT2D eigenvalue weighted by Crippen LogP contribution is -2.12. The van der Waals surface area contributed by atoms with Crippen LogP contribution in [0.3, 0.4) is 0 Å². The molecule has 78 valence electrons. The first kappa shape index (κ1) is 11.1. The van der Waals surface area contributed by atoms with Crippen molar-refractivity contribution in [3.8, 4) is 0 Å². The van der Waals surface area contributed by atoms with Crippen molar-refractivity contribution in [1.29, 1.82) is 0 Å². The number of unbranched alkanes of at least 4 members (excludes halogenated alkanes) is 1. The summed E-state index contributed by atoms with van der Waals surface area (Å²) in [6, 6.07) is 3.68. The van der Waals surface area contributed by atoms with Gasteiger partial charge in [-0.1, -0.05) is 19.8 Å². The zero-order valence-corrected chi connectivity index (χ0v) is 8.61. The molecular weight excluding hydrogens is 176 g/mol. The second-order valence-corrected chi connectivity index (χ2v) is 3.50. The van der Waals surface area contributed by atoms with Crippen molar-refractivity contribution in [1.82, 2.24) is 4.98 Å². The largest absolute Gasteiger partial charge is 0.392 e. The van der Waals surface area contributed by atoms with Crippen LogP contribution in [0.1, 0.15) is 43.5 Å². The zero-order valence-electron chi connectivity index (χ0n) is 8.61. The highest BCUT2D eigenvalue weighted by Gasteiger charge is 2.06. The summed E-state index contributed by atoms with van der Waals surface area (Å²) in [6.45, 7) is 2.19. The summed E-state index contributed by atoms with van der Waals surface area (Å²) in [7, 11) is 0. The lowest BCUT2D eigenvalue weighted by Gasteiger charge is -2.10. The van der Waals surface area contributed by atoms with Gasteiger partial charge < -0.3 is 10.8 Å². The fraction of sp³-hybridized carbons (Fsp3) is 0.545. The molecule has 1 unspecified atom stereocenters. The van der Waals surface area contributed by atoms with E-state index in [2.05, 4.69) is 11.9 Å². The number of aliphatic hydroxyl groups excluding tert-OH is 1. The molecule has 0 saturated heterocycles. The first-order valence-corrected chi connectivity index (χ1v) is 5.09. The van der Waals surface area contributed by atoms with E-state index in [0.29, 0.717) is 0 Å². The number of nitrogens with zero attached hydrogens (tertiary/aromatic N) is 1. The second kappa shape index (κ2) is 5.73. The first-order valence-electron chi connectivity index (χ1n) is 5.09. The molecule has 1 rings (SSSR count). The SMILES string of the molecule is CCCCC(N)c1cc(CO)ccn1. The number of pyridine rings is 1. The monoisotopic (exact) mass is 194 g/mol. The zero-order chi connectivity index (χ0) is 10.4. The third kappa shape index (κ3) is 3.09. The Bertz CT molecular complexity index is 276. The summed E-state index contributed by atoms with van der Waals surface area (Å²) in [5.74, 6) is 0. The van der Waals surface area contributed by atoms with Gasteiger partial charge in [0.05, 0.1) is 12.3 Å². The molecule has 14 heavy (non-hydrogen) atoms. The molecule has 3 nitrogen and oxygen atoms in total. The van der Waals surface area contributed by atoms with Crippen molar-refractivity contribution >= 4 is 0 Å². The molecule has 1 aromatic rings. The Morgan fingerprint density at radius 3 is 3.00 bits per heavy atom. The Kier molecular flexibility index (Phi) is 4.56. The van der Waals surface area contributed by atoms with E-state index in [1.165, 1.54) is 0 Å². The predicted octanol–water partition coefficient (Wildman–Crippen LogP) is 1.76. The van der Waals surface area contributed by atoms with E-state index in [4.69, 9.17) is 10.8 Å². The molecule has 0 radical (unpaired) electrons. The number of rotatable bonds is 5. The molecule has 0 amide bonds. The number of nitrogens with two attached hydrogens (primary N) is 1. The van der Waals surface area contributed by atoms with Crippen LogP contribution in [-0.4, -0.2) is 10.1 Å². The lowest BCUT2D eigenvalue weighted by molar-refractivity contribution is 0.281. The van der Waals surface area contributed by atoms with Crippen LogP contribution in [0.5, 0.6) is 0 Å². The average molecular weight is 194 g/mol. The molecule has 1 atom stereocenters. The maximum absolute atomic E-state index is 8.95. The van der Waals surface area contributed by atoms with Gasteiger partial charge in [0, 0.05) is 12.2 Å². The van der Waals surface area contributed by atoms with E-state index in [9.17, 15) is 0 Å². The predicted molar refractivity (Wildman–Crippen MR) is 56.6 cm³/mol. The Balaban J connectivity index is 2.64. The Morgan fingerprint density at radius 2 is 2.36 bits per heavy atom. The van der Waals surface area contributed by atoms with Crippen LogP contribution in [0.25, 0.3) is 0 Å². The molecule has 0 bridgehead atoms.